The lowest BCUT2D eigenvalue weighted by Crippen LogP contribution is -2.46. The van der Waals surface area contributed by atoms with Crippen molar-refractivity contribution in [2.75, 3.05) is 16.3 Å². The molecule has 3 aromatic rings. The third-order valence-corrected chi connectivity index (χ3v) is 6.91. The number of carbonyl (C=O) groups is 1. The monoisotopic (exact) mass is 408 g/mol. The molecule has 3 aliphatic rings. The lowest BCUT2D eigenvalue weighted by atomic mass is 9.83. The second kappa shape index (κ2) is 6.82. The molecule has 1 fully saturated rings. The molecule has 1 saturated heterocycles. The van der Waals surface area contributed by atoms with E-state index >= 15 is 0 Å². The van der Waals surface area contributed by atoms with Gasteiger partial charge in [-0.15, -0.1) is 0 Å². The first-order valence-electron chi connectivity index (χ1n) is 10.9. The maximum atomic E-state index is 13.7. The van der Waals surface area contributed by atoms with Crippen LogP contribution in [-0.2, 0) is 16.9 Å². The van der Waals surface area contributed by atoms with E-state index in [9.17, 15) is 9.90 Å². The van der Waals surface area contributed by atoms with Crippen molar-refractivity contribution in [3.8, 4) is 0 Å². The minimum Gasteiger partial charge on any atom is -0.379 e. The summed E-state index contributed by atoms with van der Waals surface area (Å²) in [6, 6.07) is 25.9. The molecule has 154 valence electrons. The topological polar surface area (TPSA) is 43.8 Å². The molecule has 0 aromatic heterocycles. The molecule has 0 bridgehead atoms. The number of amides is 1. The second-order valence-corrected chi connectivity index (χ2v) is 8.65. The van der Waals surface area contributed by atoms with Crippen molar-refractivity contribution in [1.29, 1.82) is 0 Å². The zero-order valence-electron chi connectivity index (χ0n) is 17.2. The third-order valence-electron chi connectivity index (χ3n) is 6.91. The summed E-state index contributed by atoms with van der Waals surface area (Å²) >= 11 is 0. The van der Waals surface area contributed by atoms with Crippen LogP contribution >= 0.6 is 0 Å². The zero-order chi connectivity index (χ0) is 21.0. The molecule has 0 spiro atoms. The Bertz CT molecular complexity index is 1190. The fourth-order valence-corrected chi connectivity index (χ4v) is 5.50. The molecule has 31 heavy (non-hydrogen) atoms. The van der Waals surface area contributed by atoms with Gasteiger partial charge in [-0.3, -0.25) is 4.79 Å². The Morgan fingerprint density at radius 3 is 2.39 bits per heavy atom. The van der Waals surface area contributed by atoms with E-state index in [1.165, 1.54) is 0 Å². The van der Waals surface area contributed by atoms with Crippen LogP contribution in [0.15, 0.2) is 84.9 Å². The molecule has 4 heteroatoms. The summed E-state index contributed by atoms with van der Waals surface area (Å²) in [5.74, 6) is -0.0400. The van der Waals surface area contributed by atoms with Crippen LogP contribution in [0, 0.1) is 0 Å². The van der Waals surface area contributed by atoms with E-state index in [1.807, 2.05) is 83.8 Å². The first-order valence-corrected chi connectivity index (χ1v) is 10.9. The van der Waals surface area contributed by atoms with E-state index in [2.05, 4.69) is 11.0 Å². The summed E-state index contributed by atoms with van der Waals surface area (Å²) in [5.41, 5.74) is 4.26. The van der Waals surface area contributed by atoms with Gasteiger partial charge in [0.05, 0.1) is 23.8 Å². The number of carbonyl (C=O) groups excluding carboxylic acids is 1. The minimum atomic E-state index is -1.22. The van der Waals surface area contributed by atoms with Gasteiger partial charge in [0, 0.05) is 17.8 Å². The van der Waals surface area contributed by atoms with Gasteiger partial charge >= 0.3 is 0 Å². The van der Waals surface area contributed by atoms with Crippen molar-refractivity contribution in [3.05, 3.63) is 102 Å². The van der Waals surface area contributed by atoms with Crippen molar-refractivity contribution >= 4 is 22.9 Å². The standard InChI is InChI=1S/C27H24N2O2/c30-26-21-17-27(31,20-11-5-2-6-12-20)24-15-8-16-28(24)22-13-7-14-23(25(21)22)29(26)18-19-9-3-1-4-10-19/h1-7,9-14,17,24,31H,8,15-16,18H2/t24?,27-/m0/s1. The summed E-state index contributed by atoms with van der Waals surface area (Å²) in [6.45, 7) is 1.39. The first-order chi connectivity index (χ1) is 15.2. The van der Waals surface area contributed by atoms with Gasteiger partial charge in [-0.2, -0.15) is 0 Å². The van der Waals surface area contributed by atoms with Crippen molar-refractivity contribution in [2.45, 2.75) is 31.0 Å². The zero-order valence-corrected chi connectivity index (χ0v) is 17.2. The Morgan fingerprint density at radius 1 is 0.903 bits per heavy atom. The van der Waals surface area contributed by atoms with Gasteiger partial charge < -0.3 is 14.9 Å². The van der Waals surface area contributed by atoms with Crippen LogP contribution in [0.4, 0.5) is 11.4 Å². The van der Waals surface area contributed by atoms with Crippen molar-refractivity contribution in [1.82, 2.24) is 0 Å². The summed E-state index contributed by atoms with van der Waals surface area (Å²) in [4.78, 5) is 17.9. The van der Waals surface area contributed by atoms with Crippen LogP contribution in [0.25, 0.3) is 5.57 Å². The maximum Gasteiger partial charge on any atom is 0.259 e. The minimum absolute atomic E-state index is 0.0400. The summed E-state index contributed by atoms with van der Waals surface area (Å²) in [6.07, 6.45) is 3.75. The Balaban J connectivity index is 1.55. The number of hydrogen-bond donors (Lipinski definition) is 1. The summed E-state index contributed by atoms with van der Waals surface area (Å²) in [7, 11) is 0. The fourth-order valence-electron chi connectivity index (χ4n) is 5.50. The van der Waals surface area contributed by atoms with Gasteiger partial charge in [-0.25, -0.2) is 0 Å². The SMILES string of the molecule is O=C1C2=C[C@](O)(c3ccccc3)C3CCCN3c3cccc(c32)N1Cc1ccccc1. The normalized spacial score (nSPS) is 24.0. The highest BCUT2D eigenvalue weighted by molar-refractivity contribution is 6.34. The number of benzene rings is 3. The smallest absolute Gasteiger partial charge is 0.259 e. The van der Waals surface area contributed by atoms with Gasteiger partial charge in [0.25, 0.3) is 5.91 Å². The van der Waals surface area contributed by atoms with Crippen molar-refractivity contribution in [2.24, 2.45) is 0 Å². The van der Waals surface area contributed by atoms with Gasteiger partial charge in [-0.1, -0.05) is 66.7 Å². The van der Waals surface area contributed by atoms with E-state index in [1.54, 1.807) is 0 Å². The number of rotatable bonds is 3. The largest absolute Gasteiger partial charge is 0.379 e. The molecular weight excluding hydrogens is 384 g/mol. The predicted molar refractivity (Wildman–Crippen MR) is 123 cm³/mol. The lowest BCUT2D eigenvalue weighted by Gasteiger charge is -2.38. The van der Waals surface area contributed by atoms with Crippen LogP contribution in [0.3, 0.4) is 0 Å². The van der Waals surface area contributed by atoms with Gasteiger partial charge in [0.15, 0.2) is 0 Å². The maximum absolute atomic E-state index is 13.7. The summed E-state index contributed by atoms with van der Waals surface area (Å²) < 4.78 is 0. The van der Waals surface area contributed by atoms with E-state index in [-0.39, 0.29) is 11.9 Å². The van der Waals surface area contributed by atoms with Crippen molar-refractivity contribution < 1.29 is 9.90 Å². The van der Waals surface area contributed by atoms with Crippen LogP contribution in [0.5, 0.6) is 0 Å². The molecule has 0 aliphatic carbocycles. The Labute approximate surface area is 182 Å². The number of nitrogens with zero attached hydrogens (tertiary/aromatic N) is 2. The molecule has 0 radical (unpaired) electrons. The molecule has 1 unspecified atom stereocenters. The van der Waals surface area contributed by atoms with Crippen LogP contribution < -0.4 is 9.80 Å². The molecule has 0 saturated carbocycles. The van der Waals surface area contributed by atoms with Crippen molar-refractivity contribution in [3.63, 3.8) is 0 Å². The van der Waals surface area contributed by atoms with Gasteiger partial charge in [0.1, 0.15) is 5.60 Å². The highest BCUT2D eigenvalue weighted by atomic mass is 16.3. The summed E-state index contributed by atoms with van der Waals surface area (Å²) in [5, 5.41) is 12.1. The fraction of sp³-hybridized carbons (Fsp3) is 0.222. The second-order valence-electron chi connectivity index (χ2n) is 8.65. The number of aliphatic hydroxyl groups is 1. The average Bonchev–Trinajstić information content (AvgIpc) is 3.38. The average molecular weight is 409 g/mol. The van der Waals surface area contributed by atoms with E-state index in [0.29, 0.717) is 12.1 Å². The van der Waals surface area contributed by atoms with E-state index in [0.717, 1.165) is 47.5 Å². The number of anilines is 2. The molecular formula is C27H24N2O2. The van der Waals surface area contributed by atoms with Crippen LogP contribution in [-0.4, -0.2) is 23.6 Å². The molecule has 1 amide bonds. The van der Waals surface area contributed by atoms with Gasteiger partial charge in [0.2, 0.25) is 0 Å². The van der Waals surface area contributed by atoms with Gasteiger partial charge in [-0.05, 0) is 42.2 Å². The molecule has 6 rings (SSSR count). The number of hydrogen-bond acceptors (Lipinski definition) is 3. The molecule has 2 atom stereocenters. The van der Waals surface area contributed by atoms with E-state index < -0.39 is 5.60 Å². The molecule has 3 aromatic carbocycles. The van der Waals surface area contributed by atoms with Crippen LogP contribution in [0.2, 0.25) is 0 Å². The predicted octanol–water partition coefficient (Wildman–Crippen LogP) is 4.49. The lowest BCUT2D eigenvalue weighted by molar-refractivity contribution is -0.113. The molecule has 3 heterocycles. The number of fused-ring (bicyclic) bond motifs is 2. The third kappa shape index (κ3) is 2.68. The van der Waals surface area contributed by atoms with E-state index in [4.69, 9.17) is 0 Å². The molecule has 4 nitrogen and oxygen atoms in total. The highest BCUT2D eigenvalue weighted by Crippen LogP contribution is 2.51. The Morgan fingerprint density at radius 2 is 1.61 bits per heavy atom. The quantitative estimate of drug-likeness (QED) is 0.695. The Hall–Kier alpha value is -3.37. The highest BCUT2D eigenvalue weighted by Gasteiger charge is 2.49. The first kappa shape index (κ1) is 18.4. The van der Waals surface area contributed by atoms with Crippen LogP contribution in [0.1, 0.15) is 29.5 Å². The molecule has 3 aliphatic heterocycles. The Kier molecular flexibility index (Phi) is 4.05. The molecule has 1 N–H and O–H groups in total.